The van der Waals surface area contributed by atoms with Gasteiger partial charge in [0.05, 0.1) is 23.5 Å². The second-order valence-corrected chi connectivity index (χ2v) is 11.5. The average molecular weight is 571 g/mol. The molecule has 0 saturated heterocycles. The number of esters is 1. The second kappa shape index (κ2) is 10.9. The lowest BCUT2D eigenvalue weighted by Gasteiger charge is -2.22. The first kappa shape index (κ1) is 26.1. The Hall–Kier alpha value is -3.01. The Kier molecular flexibility index (Phi) is 7.92. The van der Waals surface area contributed by atoms with E-state index in [0.29, 0.717) is 12.3 Å². The van der Waals surface area contributed by atoms with Gasteiger partial charge in [-0.1, -0.05) is 58.4 Å². The van der Waals surface area contributed by atoms with Gasteiger partial charge in [0.25, 0.3) is 0 Å². The fourth-order valence-corrected chi connectivity index (χ4v) is 5.66. The van der Waals surface area contributed by atoms with Crippen molar-refractivity contribution in [1.82, 2.24) is 4.31 Å². The van der Waals surface area contributed by atoms with E-state index in [-0.39, 0.29) is 24.0 Å². The van der Waals surface area contributed by atoms with Crippen molar-refractivity contribution in [1.29, 1.82) is 0 Å². The van der Waals surface area contributed by atoms with Crippen molar-refractivity contribution in [3.63, 3.8) is 0 Å². The van der Waals surface area contributed by atoms with Crippen molar-refractivity contribution >= 4 is 43.5 Å². The molecule has 1 aliphatic rings. The number of nitrogens with one attached hydrogen (secondary N) is 1. The van der Waals surface area contributed by atoms with Crippen LogP contribution in [0.15, 0.2) is 88.2 Å². The van der Waals surface area contributed by atoms with Crippen molar-refractivity contribution < 1.29 is 22.7 Å². The summed E-state index contributed by atoms with van der Waals surface area (Å²) in [4.78, 5) is 25.4. The quantitative estimate of drug-likeness (QED) is 0.351. The summed E-state index contributed by atoms with van der Waals surface area (Å²) in [6.45, 7) is 1.80. The number of hydrogen-bond donors (Lipinski definition) is 1. The summed E-state index contributed by atoms with van der Waals surface area (Å²) in [6.07, 6.45) is 1.47. The van der Waals surface area contributed by atoms with E-state index in [4.69, 9.17) is 4.74 Å². The van der Waals surface area contributed by atoms with Crippen LogP contribution in [-0.2, 0) is 36.3 Å². The Labute approximate surface area is 219 Å². The summed E-state index contributed by atoms with van der Waals surface area (Å²) in [7, 11) is -3.94. The molecule has 0 aliphatic heterocycles. The molecule has 4 rings (SSSR count). The molecule has 0 heterocycles. The molecule has 36 heavy (non-hydrogen) atoms. The summed E-state index contributed by atoms with van der Waals surface area (Å²) < 4.78 is 33.9. The third-order valence-electron chi connectivity index (χ3n) is 6.11. The van der Waals surface area contributed by atoms with Crippen LogP contribution in [0.2, 0.25) is 0 Å². The van der Waals surface area contributed by atoms with Crippen molar-refractivity contribution in [3.05, 3.63) is 94.5 Å². The van der Waals surface area contributed by atoms with Crippen molar-refractivity contribution in [2.75, 3.05) is 18.5 Å². The zero-order valence-electron chi connectivity index (χ0n) is 19.8. The lowest BCUT2D eigenvalue weighted by molar-refractivity contribution is -0.146. The van der Waals surface area contributed by atoms with Gasteiger partial charge in [0, 0.05) is 16.7 Å². The molecule has 0 aromatic heterocycles. The number of nitrogens with zero attached hydrogens (tertiary/aromatic N) is 1. The predicted octanol–water partition coefficient (Wildman–Crippen LogP) is 4.87. The largest absolute Gasteiger partial charge is 0.465 e. The molecule has 9 heteroatoms. The molecule has 0 spiro atoms. The average Bonchev–Trinajstić information content (AvgIpc) is 3.67. The minimum absolute atomic E-state index is 0.0493. The van der Waals surface area contributed by atoms with Gasteiger partial charge in [0.2, 0.25) is 15.9 Å². The Morgan fingerprint density at radius 2 is 1.61 bits per heavy atom. The van der Waals surface area contributed by atoms with Gasteiger partial charge in [-0.2, -0.15) is 4.31 Å². The maximum atomic E-state index is 13.4. The van der Waals surface area contributed by atoms with Gasteiger partial charge in [-0.05, 0) is 67.3 Å². The standard InChI is InChI=1S/C27H27BrN2O5S/c1-2-35-26(32)27(16-17-27)21-8-12-23(13-9-21)29-25(31)19-30(18-20-6-4-3-5-7-20)36(33,34)24-14-10-22(28)11-15-24/h3-15H,2,16-19H2,1H3,(H,29,31). The molecular weight excluding hydrogens is 544 g/mol. The first-order valence-corrected chi connectivity index (χ1v) is 13.9. The normalized spacial score (nSPS) is 14.3. The Balaban J connectivity index is 1.50. The molecule has 1 fully saturated rings. The van der Waals surface area contributed by atoms with Crippen molar-refractivity contribution in [2.45, 2.75) is 36.6 Å². The SMILES string of the molecule is CCOC(=O)C1(c2ccc(NC(=O)CN(Cc3ccccc3)S(=O)(=O)c3ccc(Br)cc3)cc2)CC1. The molecule has 1 N–H and O–H groups in total. The summed E-state index contributed by atoms with van der Waals surface area (Å²) >= 11 is 3.32. The molecule has 0 bridgehead atoms. The monoisotopic (exact) mass is 570 g/mol. The fraction of sp³-hybridized carbons (Fsp3) is 0.259. The highest BCUT2D eigenvalue weighted by Crippen LogP contribution is 2.49. The highest BCUT2D eigenvalue weighted by atomic mass is 79.9. The van der Waals surface area contributed by atoms with E-state index in [1.54, 1.807) is 43.3 Å². The number of ether oxygens (including phenoxy) is 1. The van der Waals surface area contributed by atoms with Crippen LogP contribution in [-0.4, -0.2) is 37.8 Å². The topological polar surface area (TPSA) is 92.8 Å². The minimum Gasteiger partial charge on any atom is -0.465 e. The van der Waals surface area contributed by atoms with Crippen LogP contribution in [0.4, 0.5) is 5.69 Å². The Bertz CT molecular complexity index is 1320. The van der Waals surface area contributed by atoms with Gasteiger partial charge in [-0.3, -0.25) is 9.59 Å². The summed E-state index contributed by atoms with van der Waals surface area (Å²) in [6, 6.07) is 22.5. The summed E-state index contributed by atoms with van der Waals surface area (Å²) in [5.41, 5.74) is 1.54. The molecule has 1 saturated carbocycles. The third-order valence-corrected chi connectivity index (χ3v) is 8.45. The number of hydrogen-bond acceptors (Lipinski definition) is 5. The van der Waals surface area contributed by atoms with Crippen molar-refractivity contribution in [3.8, 4) is 0 Å². The highest BCUT2D eigenvalue weighted by molar-refractivity contribution is 9.10. The Morgan fingerprint density at radius 3 is 2.19 bits per heavy atom. The first-order chi connectivity index (χ1) is 17.2. The lowest BCUT2D eigenvalue weighted by Crippen LogP contribution is -2.37. The molecule has 1 aliphatic carbocycles. The van der Waals surface area contributed by atoms with E-state index in [1.165, 1.54) is 12.1 Å². The third kappa shape index (κ3) is 5.86. The number of benzene rings is 3. The molecule has 7 nitrogen and oxygen atoms in total. The van der Waals surface area contributed by atoms with E-state index in [2.05, 4.69) is 21.2 Å². The predicted molar refractivity (Wildman–Crippen MR) is 141 cm³/mol. The van der Waals surface area contributed by atoms with Crippen LogP contribution >= 0.6 is 15.9 Å². The molecule has 1 amide bonds. The summed E-state index contributed by atoms with van der Waals surface area (Å²) in [5.74, 6) is -0.692. The Morgan fingerprint density at radius 1 is 0.972 bits per heavy atom. The van der Waals surface area contributed by atoms with Gasteiger partial charge in [-0.25, -0.2) is 8.42 Å². The number of carbonyl (C=O) groups is 2. The van der Waals surface area contributed by atoms with Crippen LogP contribution in [0.3, 0.4) is 0 Å². The van der Waals surface area contributed by atoms with E-state index >= 15 is 0 Å². The summed E-state index contributed by atoms with van der Waals surface area (Å²) in [5, 5.41) is 2.78. The zero-order valence-corrected chi connectivity index (χ0v) is 22.2. The van der Waals surface area contributed by atoms with Gasteiger partial charge < -0.3 is 10.1 Å². The number of carbonyl (C=O) groups excluding carboxylic acids is 2. The number of halogens is 1. The van der Waals surface area contributed by atoms with E-state index < -0.39 is 21.3 Å². The molecular formula is C27H27BrN2O5S. The van der Waals surface area contributed by atoms with Gasteiger partial charge in [0.15, 0.2) is 0 Å². The van der Waals surface area contributed by atoms with Crippen LogP contribution < -0.4 is 5.32 Å². The van der Waals surface area contributed by atoms with Crippen LogP contribution in [0.1, 0.15) is 30.9 Å². The molecule has 0 atom stereocenters. The van der Waals surface area contributed by atoms with Crippen LogP contribution in [0, 0.1) is 0 Å². The number of amides is 1. The van der Waals surface area contributed by atoms with E-state index in [9.17, 15) is 18.0 Å². The smallest absolute Gasteiger partial charge is 0.316 e. The molecule has 3 aromatic carbocycles. The zero-order chi connectivity index (χ0) is 25.8. The maximum absolute atomic E-state index is 13.4. The van der Waals surface area contributed by atoms with Crippen LogP contribution in [0.5, 0.6) is 0 Å². The van der Waals surface area contributed by atoms with E-state index in [0.717, 1.165) is 32.7 Å². The van der Waals surface area contributed by atoms with E-state index in [1.807, 2.05) is 30.3 Å². The van der Waals surface area contributed by atoms with Crippen LogP contribution in [0.25, 0.3) is 0 Å². The molecule has 3 aromatic rings. The van der Waals surface area contributed by atoms with Gasteiger partial charge in [0.1, 0.15) is 0 Å². The lowest BCUT2D eigenvalue weighted by atomic mass is 9.96. The molecule has 0 radical (unpaired) electrons. The number of anilines is 1. The highest BCUT2D eigenvalue weighted by Gasteiger charge is 2.52. The number of rotatable bonds is 10. The second-order valence-electron chi connectivity index (χ2n) is 8.64. The maximum Gasteiger partial charge on any atom is 0.316 e. The minimum atomic E-state index is -3.94. The van der Waals surface area contributed by atoms with Gasteiger partial charge in [-0.15, -0.1) is 0 Å². The van der Waals surface area contributed by atoms with Crippen molar-refractivity contribution in [2.24, 2.45) is 0 Å². The van der Waals surface area contributed by atoms with Gasteiger partial charge >= 0.3 is 5.97 Å². The molecule has 188 valence electrons. The first-order valence-electron chi connectivity index (χ1n) is 11.6. The molecule has 0 unspecified atom stereocenters. The fourth-order valence-electron chi connectivity index (χ4n) is 4.01. The number of sulfonamides is 1.